The molecular formula is C15H27ClN4O. The summed E-state index contributed by atoms with van der Waals surface area (Å²) in [6.45, 7) is 12.8. The first-order valence-electron chi connectivity index (χ1n) is 7.50. The SMILES string of the molecule is Cc1nn(CC(C)C)c(C)c1CC(=O)N1CCNCC1.Cl. The number of nitrogens with zero attached hydrogens (tertiary/aromatic N) is 3. The summed E-state index contributed by atoms with van der Waals surface area (Å²) in [7, 11) is 0. The smallest absolute Gasteiger partial charge is 0.227 e. The molecule has 120 valence electrons. The lowest BCUT2D eigenvalue weighted by atomic mass is 10.1. The van der Waals surface area contributed by atoms with Crippen molar-refractivity contribution >= 4 is 18.3 Å². The maximum absolute atomic E-state index is 12.4. The molecule has 0 spiro atoms. The number of hydrogen-bond acceptors (Lipinski definition) is 3. The molecule has 2 heterocycles. The fourth-order valence-corrected chi connectivity index (χ4v) is 2.69. The zero-order chi connectivity index (χ0) is 14.7. The van der Waals surface area contributed by atoms with E-state index < -0.39 is 0 Å². The Morgan fingerprint density at radius 2 is 1.90 bits per heavy atom. The number of amides is 1. The number of carbonyl (C=O) groups excluding carboxylic acids is 1. The molecule has 0 atom stereocenters. The fourth-order valence-electron chi connectivity index (χ4n) is 2.69. The van der Waals surface area contributed by atoms with E-state index in [9.17, 15) is 4.79 Å². The van der Waals surface area contributed by atoms with Crippen LogP contribution >= 0.6 is 12.4 Å². The van der Waals surface area contributed by atoms with E-state index in [0.29, 0.717) is 12.3 Å². The molecule has 0 unspecified atom stereocenters. The van der Waals surface area contributed by atoms with Gasteiger partial charge in [0.25, 0.3) is 0 Å². The molecule has 6 heteroatoms. The van der Waals surface area contributed by atoms with E-state index in [4.69, 9.17) is 0 Å². The van der Waals surface area contributed by atoms with E-state index >= 15 is 0 Å². The van der Waals surface area contributed by atoms with E-state index in [2.05, 4.69) is 31.2 Å². The maximum Gasteiger partial charge on any atom is 0.227 e. The number of rotatable bonds is 4. The third-order valence-electron chi connectivity index (χ3n) is 3.87. The Kier molecular flexibility index (Phi) is 6.68. The minimum atomic E-state index is 0. The largest absolute Gasteiger partial charge is 0.340 e. The third kappa shape index (κ3) is 4.45. The summed E-state index contributed by atoms with van der Waals surface area (Å²) < 4.78 is 2.04. The molecule has 1 aromatic rings. The van der Waals surface area contributed by atoms with Gasteiger partial charge in [-0.1, -0.05) is 13.8 Å². The van der Waals surface area contributed by atoms with Crippen LogP contribution in [0.4, 0.5) is 0 Å². The highest BCUT2D eigenvalue weighted by molar-refractivity contribution is 5.85. The Morgan fingerprint density at radius 3 is 2.48 bits per heavy atom. The van der Waals surface area contributed by atoms with Gasteiger partial charge in [0.15, 0.2) is 0 Å². The average molecular weight is 315 g/mol. The highest BCUT2D eigenvalue weighted by Gasteiger charge is 2.20. The number of halogens is 1. The quantitative estimate of drug-likeness (QED) is 0.917. The zero-order valence-electron chi connectivity index (χ0n) is 13.5. The van der Waals surface area contributed by atoms with Crippen LogP contribution in [-0.4, -0.2) is 46.8 Å². The first-order chi connectivity index (χ1) is 9.49. The van der Waals surface area contributed by atoms with Crippen molar-refractivity contribution in [1.29, 1.82) is 0 Å². The van der Waals surface area contributed by atoms with Gasteiger partial charge < -0.3 is 10.2 Å². The number of carbonyl (C=O) groups is 1. The van der Waals surface area contributed by atoms with Crippen molar-refractivity contribution < 1.29 is 4.79 Å². The van der Waals surface area contributed by atoms with Gasteiger partial charge in [-0.25, -0.2) is 0 Å². The van der Waals surface area contributed by atoms with Gasteiger partial charge in [0.1, 0.15) is 0 Å². The Morgan fingerprint density at radius 1 is 1.29 bits per heavy atom. The second kappa shape index (κ2) is 7.80. The molecule has 1 aromatic heterocycles. The monoisotopic (exact) mass is 314 g/mol. The van der Waals surface area contributed by atoms with Gasteiger partial charge in [-0.2, -0.15) is 5.10 Å². The lowest BCUT2D eigenvalue weighted by Crippen LogP contribution is -2.47. The molecule has 1 N–H and O–H groups in total. The molecule has 21 heavy (non-hydrogen) atoms. The number of hydrogen-bond donors (Lipinski definition) is 1. The van der Waals surface area contributed by atoms with Crippen molar-refractivity contribution in [3.63, 3.8) is 0 Å². The topological polar surface area (TPSA) is 50.2 Å². The van der Waals surface area contributed by atoms with Crippen LogP contribution in [0.3, 0.4) is 0 Å². The molecule has 5 nitrogen and oxygen atoms in total. The second-order valence-corrected chi connectivity index (χ2v) is 6.03. The molecular weight excluding hydrogens is 288 g/mol. The van der Waals surface area contributed by atoms with Crippen molar-refractivity contribution in [1.82, 2.24) is 20.0 Å². The van der Waals surface area contributed by atoms with Crippen molar-refractivity contribution in [3.05, 3.63) is 17.0 Å². The van der Waals surface area contributed by atoms with Gasteiger partial charge in [0.2, 0.25) is 5.91 Å². The molecule has 0 aromatic carbocycles. The van der Waals surface area contributed by atoms with E-state index in [0.717, 1.165) is 49.7 Å². The molecule has 1 fully saturated rings. The molecule has 1 amide bonds. The van der Waals surface area contributed by atoms with Crippen LogP contribution in [0.2, 0.25) is 0 Å². The highest BCUT2D eigenvalue weighted by Crippen LogP contribution is 2.16. The van der Waals surface area contributed by atoms with Gasteiger partial charge in [0, 0.05) is 44.0 Å². The molecule has 1 aliphatic rings. The highest BCUT2D eigenvalue weighted by atomic mass is 35.5. The first-order valence-corrected chi connectivity index (χ1v) is 7.50. The van der Waals surface area contributed by atoms with Gasteiger partial charge in [-0.15, -0.1) is 12.4 Å². The summed E-state index contributed by atoms with van der Waals surface area (Å²) in [5, 5.41) is 7.85. The Hall–Kier alpha value is -1.07. The predicted molar refractivity (Wildman–Crippen MR) is 86.9 cm³/mol. The molecule has 0 radical (unpaired) electrons. The van der Waals surface area contributed by atoms with E-state index in [1.165, 1.54) is 0 Å². The molecule has 0 bridgehead atoms. The number of piperazine rings is 1. The van der Waals surface area contributed by atoms with Gasteiger partial charge in [0.05, 0.1) is 12.1 Å². The van der Waals surface area contributed by atoms with Gasteiger partial charge in [-0.05, 0) is 19.8 Å². The minimum absolute atomic E-state index is 0. The van der Waals surface area contributed by atoms with E-state index in [1.807, 2.05) is 16.5 Å². The van der Waals surface area contributed by atoms with E-state index in [-0.39, 0.29) is 18.3 Å². The average Bonchev–Trinajstić information content (AvgIpc) is 2.66. The van der Waals surface area contributed by atoms with Crippen LogP contribution in [0.15, 0.2) is 0 Å². The normalized spacial score (nSPS) is 15.2. The van der Waals surface area contributed by atoms with Gasteiger partial charge in [-0.3, -0.25) is 9.48 Å². The van der Waals surface area contributed by atoms with Crippen LogP contribution in [-0.2, 0) is 17.8 Å². The molecule has 1 aliphatic heterocycles. The van der Waals surface area contributed by atoms with Crippen molar-refractivity contribution in [2.24, 2.45) is 5.92 Å². The summed E-state index contributed by atoms with van der Waals surface area (Å²) in [5.74, 6) is 0.784. The summed E-state index contributed by atoms with van der Waals surface area (Å²) >= 11 is 0. The lowest BCUT2D eigenvalue weighted by molar-refractivity contribution is -0.131. The molecule has 1 saturated heterocycles. The van der Waals surface area contributed by atoms with Crippen LogP contribution in [0.5, 0.6) is 0 Å². The zero-order valence-corrected chi connectivity index (χ0v) is 14.3. The summed E-state index contributed by atoms with van der Waals surface area (Å²) in [4.78, 5) is 14.3. The number of nitrogens with one attached hydrogen (secondary N) is 1. The summed E-state index contributed by atoms with van der Waals surface area (Å²) in [6, 6.07) is 0. The van der Waals surface area contributed by atoms with Crippen molar-refractivity contribution in [3.8, 4) is 0 Å². The van der Waals surface area contributed by atoms with Crippen molar-refractivity contribution in [2.75, 3.05) is 26.2 Å². The van der Waals surface area contributed by atoms with Gasteiger partial charge >= 0.3 is 0 Å². The summed E-state index contributed by atoms with van der Waals surface area (Å²) in [5.41, 5.74) is 3.24. The number of aromatic nitrogens is 2. The fraction of sp³-hybridized carbons (Fsp3) is 0.733. The van der Waals surface area contributed by atoms with Crippen LogP contribution in [0.25, 0.3) is 0 Å². The Balaban J connectivity index is 0.00000220. The standard InChI is InChI=1S/C15H26N4O.ClH/c1-11(2)10-19-13(4)14(12(3)17-19)9-15(20)18-7-5-16-6-8-18;/h11,16H,5-10H2,1-4H3;1H. The maximum atomic E-state index is 12.4. The van der Waals surface area contributed by atoms with Crippen LogP contribution in [0, 0.1) is 19.8 Å². The third-order valence-corrected chi connectivity index (χ3v) is 3.87. The molecule has 0 saturated carbocycles. The minimum Gasteiger partial charge on any atom is -0.340 e. The second-order valence-electron chi connectivity index (χ2n) is 6.03. The van der Waals surface area contributed by atoms with Crippen LogP contribution < -0.4 is 5.32 Å². The van der Waals surface area contributed by atoms with E-state index in [1.54, 1.807) is 0 Å². The lowest BCUT2D eigenvalue weighted by Gasteiger charge is -2.27. The Bertz CT molecular complexity index is 478. The Labute approximate surface area is 133 Å². The summed E-state index contributed by atoms with van der Waals surface area (Å²) in [6.07, 6.45) is 0.482. The predicted octanol–water partition coefficient (Wildman–Crippen LogP) is 1.55. The first kappa shape index (κ1) is 18.0. The van der Waals surface area contributed by atoms with Crippen LogP contribution in [0.1, 0.15) is 30.8 Å². The van der Waals surface area contributed by atoms with Crippen molar-refractivity contribution in [2.45, 2.75) is 40.7 Å². The number of aryl methyl sites for hydroxylation is 1. The molecule has 0 aliphatic carbocycles. The molecule has 2 rings (SSSR count).